The van der Waals surface area contributed by atoms with Gasteiger partial charge in [0.15, 0.2) is 5.54 Å². The normalized spacial score (nSPS) is 22.9. The van der Waals surface area contributed by atoms with Crippen LogP contribution in [0.1, 0.15) is 32.6 Å². The molecule has 1 atom stereocenters. The predicted molar refractivity (Wildman–Crippen MR) is 69.4 cm³/mol. The third-order valence-electron chi connectivity index (χ3n) is 2.96. The Morgan fingerprint density at radius 1 is 1.53 bits per heavy atom. The van der Waals surface area contributed by atoms with Gasteiger partial charge in [-0.1, -0.05) is 26.2 Å². The average Bonchev–Trinajstić information content (AvgIpc) is 2.55. The Morgan fingerprint density at radius 3 is 2.68 bits per heavy atom. The van der Waals surface area contributed by atoms with Crippen molar-refractivity contribution in [2.45, 2.75) is 38.1 Å². The summed E-state index contributed by atoms with van der Waals surface area (Å²) in [5.74, 6) is -0.386. The number of amides is 5. The lowest BCUT2D eigenvalue weighted by molar-refractivity contribution is -0.128. The first-order valence-corrected chi connectivity index (χ1v) is 6.13. The standard InChI is InChI=1S/C11H19N5O3/c1-3-4-5-6-11(7-13-15-9(12)18)8(17)16(2)10(19)14-11/h7H,3-6H2,1-2H3,(H,14,19)(H3,12,15,18)/b13-7+/t11-/m0/s1. The molecule has 0 aromatic carbocycles. The number of nitrogens with two attached hydrogens (primary N) is 1. The molecule has 1 saturated heterocycles. The third-order valence-corrected chi connectivity index (χ3v) is 2.96. The molecule has 1 heterocycles. The predicted octanol–water partition coefficient (Wildman–Crippen LogP) is 0.141. The highest BCUT2D eigenvalue weighted by Gasteiger charge is 2.48. The molecule has 1 aliphatic rings. The van der Waals surface area contributed by atoms with E-state index in [1.807, 2.05) is 12.3 Å². The van der Waals surface area contributed by atoms with Crippen molar-refractivity contribution in [2.24, 2.45) is 10.8 Å². The zero-order valence-electron chi connectivity index (χ0n) is 11.1. The highest BCUT2D eigenvalue weighted by molar-refractivity contribution is 6.16. The molecular weight excluding hydrogens is 250 g/mol. The van der Waals surface area contributed by atoms with E-state index in [4.69, 9.17) is 5.73 Å². The van der Waals surface area contributed by atoms with Crippen LogP contribution in [0.5, 0.6) is 0 Å². The molecule has 106 valence electrons. The molecule has 0 aliphatic carbocycles. The Balaban J connectivity index is 2.85. The van der Waals surface area contributed by atoms with E-state index in [2.05, 4.69) is 10.4 Å². The summed E-state index contributed by atoms with van der Waals surface area (Å²) >= 11 is 0. The fourth-order valence-electron chi connectivity index (χ4n) is 1.90. The van der Waals surface area contributed by atoms with E-state index < -0.39 is 17.6 Å². The smallest absolute Gasteiger partial charge is 0.332 e. The fourth-order valence-corrected chi connectivity index (χ4v) is 1.90. The van der Waals surface area contributed by atoms with Crippen molar-refractivity contribution in [2.75, 3.05) is 7.05 Å². The van der Waals surface area contributed by atoms with E-state index in [0.29, 0.717) is 6.42 Å². The summed E-state index contributed by atoms with van der Waals surface area (Å²) in [4.78, 5) is 35.2. The summed E-state index contributed by atoms with van der Waals surface area (Å²) in [6.07, 6.45) is 4.35. The number of imide groups is 1. The largest absolute Gasteiger partial charge is 0.350 e. The molecule has 0 aromatic rings. The van der Waals surface area contributed by atoms with Crippen molar-refractivity contribution in [3.05, 3.63) is 0 Å². The van der Waals surface area contributed by atoms with Crippen LogP contribution in [0.15, 0.2) is 5.10 Å². The second-order valence-corrected chi connectivity index (χ2v) is 4.46. The Hall–Kier alpha value is -2.12. The first-order valence-electron chi connectivity index (χ1n) is 6.13. The Labute approximate surface area is 111 Å². The van der Waals surface area contributed by atoms with Gasteiger partial charge in [-0.2, -0.15) is 5.10 Å². The monoisotopic (exact) mass is 269 g/mol. The molecule has 0 aromatic heterocycles. The number of carbonyl (C=O) groups excluding carboxylic acids is 3. The van der Waals surface area contributed by atoms with Gasteiger partial charge >= 0.3 is 12.1 Å². The number of nitrogens with zero attached hydrogens (tertiary/aromatic N) is 2. The lowest BCUT2D eigenvalue weighted by atomic mass is 9.93. The molecule has 4 N–H and O–H groups in total. The zero-order valence-corrected chi connectivity index (χ0v) is 11.1. The molecule has 0 bridgehead atoms. The maximum absolute atomic E-state index is 12.1. The average molecular weight is 269 g/mol. The first kappa shape index (κ1) is 14.9. The van der Waals surface area contributed by atoms with Crippen LogP contribution in [-0.4, -0.2) is 41.7 Å². The molecule has 0 unspecified atom stereocenters. The number of carbonyl (C=O) groups is 3. The first-order chi connectivity index (χ1) is 8.93. The number of nitrogens with one attached hydrogen (secondary N) is 2. The summed E-state index contributed by atoms with van der Waals surface area (Å²) in [5, 5.41) is 6.21. The van der Waals surface area contributed by atoms with Crippen molar-refractivity contribution in [3.63, 3.8) is 0 Å². The summed E-state index contributed by atoms with van der Waals surface area (Å²) in [6.45, 7) is 2.04. The molecule has 19 heavy (non-hydrogen) atoms. The van der Waals surface area contributed by atoms with Crippen molar-refractivity contribution < 1.29 is 14.4 Å². The number of likely N-dealkylation sites (N-methyl/N-ethyl adjacent to an activating group) is 1. The van der Waals surface area contributed by atoms with Gasteiger partial charge in [0.25, 0.3) is 5.91 Å². The number of primary amides is 1. The number of urea groups is 2. The van der Waals surface area contributed by atoms with Gasteiger partial charge in [-0.3, -0.25) is 9.69 Å². The summed E-state index contributed by atoms with van der Waals surface area (Å²) in [5.41, 5.74) is 5.72. The van der Waals surface area contributed by atoms with Crippen molar-refractivity contribution in [1.82, 2.24) is 15.6 Å². The van der Waals surface area contributed by atoms with Gasteiger partial charge < -0.3 is 11.1 Å². The SMILES string of the molecule is CCCCC[C@@]1(/C=N/NC(N)=O)NC(=O)N(C)C1=O. The maximum atomic E-state index is 12.1. The lowest BCUT2D eigenvalue weighted by Crippen LogP contribution is -2.49. The highest BCUT2D eigenvalue weighted by Crippen LogP contribution is 2.21. The molecule has 0 saturated carbocycles. The van der Waals surface area contributed by atoms with E-state index >= 15 is 0 Å². The van der Waals surface area contributed by atoms with Crippen LogP contribution >= 0.6 is 0 Å². The van der Waals surface area contributed by atoms with Crippen LogP contribution in [0.3, 0.4) is 0 Å². The number of rotatable bonds is 6. The number of hydrogen-bond acceptors (Lipinski definition) is 4. The summed E-state index contributed by atoms with van der Waals surface area (Å²) in [6, 6.07) is -1.31. The van der Waals surface area contributed by atoms with Crippen LogP contribution in [-0.2, 0) is 4.79 Å². The minimum Gasteiger partial charge on any atom is -0.350 e. The van der Waals surface area contributed by atoms with Gasteiger partial charge in [-0.05, 0) is 6.42 Å². The third kappa shape index (κ3) is 3.43. The van der Waals surface area contributed by atoms with Gasteiger partial charge in [-0.25, -0.2) is 15.0 Å². The fraction of sp³-hybridized carbons (Fsp3) is 0.636. The van der Waals surface area contributed by atoms with Crippen LogP contribution < -0.4 is 16.5 Å². The quantitative estimate of drug-likeness (QED) is 0.275. The van der Waals surface area contributed by atoms with Crippen LogP contribution in [0.4, 0.5) is 9.59 Å². The summed E-state index contributed by atoms with van der Waals surface area (Å²) < 4.78 is 0. The van der Waals surface area contributed by atoms with Gasteiger partial charge in [0, 0.05) is 7.05 Å². The molecular formula is C11H19N5O3. The highest BCUT2D eigenvalue weighted by atomic mass is 16.2. The van der Waals surface area contributed by atoms with Crippen LogP contribution in [0.2, 0.25) is 0 Å². The molecule has 1 aliphatic heterocycles. The number of hydrazone groups is 1. The molecule has 8 nitrogen and oxygen atoms in total. The molecule has 1 rings (SSSR count). The van der Waals surface area contributed by atoms with E-state index in [1.54, 1.807) is 0 Å². The molecule has 0 radical (unpaired) electrons. The minimum absolute atomic E-state index is 0.386. The molecule has 8 heteroatoms. The second kappa shape index (κ2) is 6.17. The second-order valence-electron chi connectivity index (χ2n) is 4.46. The van der Waals surface area contributed by atoms with E-state index in [1.165, 1.54) is 13.3 Å². The van der Waals surface area contributed by atoms with Gasteiger partial charge in [0.1, 0.15) is 0 Å². The molecule has 1 fully saturated rings. The zero-order chi connectivity index (χ0) is 14.5. The van der Waals surface area contributed by atoms with E-state index in [-0.39, 0.29) is 5.91 Å². The lowest BCUT2D eigenvalue weighted by Gasteiger charge is -2.21. The Morgan fingerprint density at radius 2 is 2.21 bits per heavy atom. The maximum Gasteiger partial charge on any atom is 0.332 e. The van der Waals surface area contributed by atoms with Crippen LogP contribution in [0, 0.1) is 0 Å². The number of hydrogen-bond donors (Lipinski definition) is 3. The number of unbranched alkanes of at least 4 members (excludes halogenated alkanes) is 2. The van der Waals surface area contributed by atoms with Gasteiger partial charge in [0.2, 0.25) is 0 Å². The Bertz CT molecular complexity index is 409. The van der Waals surface area contributed by atoms with E-state index in [9.17, 15) is 14.4 Å². The van der Waals surface area contributed by atoms with Gasteiger partial charge in [0.05, 0.1) is 6.21 Å². The molecule has 5 amide bonds. The van der Waals surface area contributed by atoms with Crippen molar-refractivity contribution in [1.29, 1.82) is 0 Å². The van der Waals surface area contributed by atoms with Crippen LogP contribution in [0.25, 0.3) is 0 Å². The minimum atomic E-state index is -1.19. The van der Waals surface area contributed by atoms with Crippen molar-refractivity contribution in [3.8, 4) is 0 Å². The summed E-state index contributed by atoms with van der Waals surface area (Å²) in [7, 11) is 1.40. The molecule has 0 spiro atoms. The van der Waals surface area contributed by atoms with E-state index in [0.717, 1.165) is 24.2 Å². The van der Waals surface area contributed by atoms with Crippen molar-refractivity contribution >= 4 is 24.2 Å². The Kier molecular flexibility index (Phi) is 4.85. The topological polar surface area (TPSA) is 117 Å². The van der Waals surface area contributed by atoms with Gasteiger partial charge in [-0.15, -0.1) is 0 Å².